The van der Waals surface area contributed by atoms with Crippen molar-refractivity contribution < 1.29 is 0 Å². The van der Waals surface area contributed by atoms with Crippen molar-refractivity contribution in [1.82, 2.24) is 4.98 Å². The van der Waals surface area contributed by atoms with Crippen LogP contribution >= 0.6 is 0 Å². The van der Waals surface area contributed by atoms with E-state index < -0.39 is 0 Å². The highest BCUT2D eigenvalue weighted by Gasteiger charge is 2.16. The van der Waals surface area contributed by atoms with Gasteiger partial charge in [-0.05, 0) is 38.3 Å². The predicted molar refractivity (Wildman–Crippen MR) is 82.1 cm³/mol. The first kappa shape index (κ1) is 12.3. The number of nitrogens with one attached hydrogen (secondary N) is 1. The molecule has 2 aromatic rings. The number of nitrogens with zero attached hydrogens (tertiary/aromatic N) is 2. The molecule has 1 aromatic carbocycles. The number of piperidine rings is 1. The summed E-state index contributed by atoms with van der Waals surface area (Å²) >= 11 is 0. The van der Waals surface area contributed by atoms with Gasteiger partial charge in [0.15, 0.2) is 0 Å². The Labute approximate surface area is 114 Å². The molecular weight excluding hydrogens is 234 g/mol. The lowest BCUT2D eigenvalue weighted by atomic mass is 10.1. The fraction of sp³-hybridized carbons (Fsp3) is 0.438. The van der Waals surface area contributed by atoms with E-state index in [9.17, 15) is 0 Å². The van der Waals surface area contributed by atoms with Gasteiger partial charge in [-0.15, -0.1) is 0 Å². The van der Waals surface area contributed by atoms with E-state index in [0.29, 0.717) is 0 Å². The Morgan fingerprint density at radius 1 is 1.11 bits per heavy atom. The molecule has 0 unspecified atom stereocenters. The monoisotopic (exact) mass is 255 g/mol. The molecule has 0 radical (unpaired) electrons. The molecule has 0 spiro atoms. The summed E-state index contributed by atoms with van der Waals surface area (Å²) in [6.07, 6.45) is 3.91. The zero-order chi connectivity index (χ0) is 13.2. The smallest absolute Gasteiger partial charge is 0.136 e. The molecule has 3 heteroatoms. The topological polar surface area (TPSA) is 28.2 Å². The summed E-state index contributed by atoms with van der Waals surface area (Å²) in [5.74, 6) is 1.16. The van der Waals surface area contributed by atoms with Crippen LogP contribution in [-0.4, -0.2) is 25.1 Å². The normalized spacial score (nSPS) is 15.8. The van der Waals surface area contributed by atoms with Crippen LogP contribution in [0.5, 0.6) is 0 Å². The van der Waals surface area contributed by atoms with Crippen LogP contribution in [0.15, 0.2) is 24.3 Å². The summed E-state index contributed by atoms with van der Waals surface area (Å²) in [5, 5.41) is 5.82. The number of anilines is 2. The third-order valence-electron chi connectivity index (χ3n) is 3.91. The van der Waals surface area contributed by atoms with Gasteiger partial charge >= 0.3 is 0 Å². The third kappa shape index (κ3) is 2.25. The quantitative estimate of drug-likeness (QED) is 0.889. The SMILES string of the molecule is CNc1cccc2c(N3CCCCC3)nc(C)cc12. The van der Waals surface area contributed by atoms with Crippen LogP contribution in [0.25, 0.3) is 10.8 Å². The average Bonchev–Trinajstić information content (AvgIpc) is 2.46. The number of benzene rings is 1. The first-order chi connectivity index (χ1) is 9.29. The second-order valence-electron chi connectivity index (χ2n) is 5.29. The van der Waals surface area contributed by atoms with Crippen molar-refractivity contribution in [2.24, 2.45) is 0 Å². The van der Waals surface area contributed by atoms with Crippen molar-refractivity contribution >= 4 is 22.3 Å². The lowest BCUT2D eigenvalue weighted by Crippen LogP contribution is -2.30. The van der Waals surface area contributed by atoms with Crippen LogP contribution < -0.4 is 10.2 Å². The number of aryl methyl sites for hydroxylation is 1. The van der Waals surface area contributed by atoms with Crippen LogP contribution in [0.4, 0.5) is 11.5 Å². The number of hydrogen-bond acceptors (Lipinski definition) is 3. The zero-order valence-electron chi connectivity index (χ0n) is 11.7. The van der Waals surface area contributed by atoms with Gasteiger partial charge in [0.05, 0.1) is 0 Å². The Bertz CT molecular complexity index is 586. The van der Waals surface area contributed by atoms with E-state index in [1.165, 1.54) is 35.7 Å². The molecule has 3 nitrogen and oxygen atoms in total. The Balaban J connectivity index is 2.17. The van der Waals surface area contributed by atoms with Gasteiger partial charge in [-0.3, -0.25) is 0 Å². The number of hydrogen-bond donors (Lipinski definition) is 1. The standard InChI is InChI=1S/C16H21N3/c1-12-11-14-13(7-6-8-15(14)17-2)16(18-12)19-9-4-3-5-10-19/h6-8,11,17H,3-5,9-10H2,1-2H3. The molecule has 1 fully saturated rings. The van der Waals surface area contributed by atoms with Gasteiger partial charge in [0.25, 0.3) is 0 Å². The molecule has 0 saturated carbocycles. The number of rotatable bonds is 2. The fourth-order valence-electron chi connectivity index (χ4n) is 2.95. The highest BCUT2D eigenvalue weighted by molar-refractivity contribution is 6.00. The van der Waals surface area contributed by atoms with Gasteiger partial charge in [0.2, 0.25) is 0 Å². The highest BCUT2D eigenvalue weighted by Crippen LogP contribution is 2.31. The summed E-state index contributed by atoms with van der Waals surface area (Å²) in [6.45, 7) is 4.35. The van der Waals surface area contributed by atoms with Crippen LogP contribution in [0.2, 0.25) is 0 Å². The number of fused-ring (bicyclic) bond motifs is 1. The molecule has 0 amide bonds. The van der Waals surface area contributed by atoms with Crippen LogP contribution in [0.1, 0.15) is 25.0 Å². The van der Waals surface area contributed by atoms with Gasteiger partial charge in [-0.1, -0.05) is 12.1 Å². The number of aromatic nitrogens is 1. The first-order valence-corrected chi connectivity index (χ1v) is 7.12. The third-order valence-corrected chi connectivity index (χ3v) is 3.91. The highest BCUT2D eigenvalue weighted by atomic mass is 15.2. The molecule has 100 valence electrons. The Hall–Kier alpha value is -1.77. The van der Waals surface area contributed by atoms with Crippen molar-refractivity contribution in [3.8, 4) is 0 Å². The fourth-order valence-corrected chi connectivity index (χ4v) is 2.95. The molecular formula is C16H21N3. The average molecular weight is 255 g/mol. The van der Waals surface area contributed by atoms with Gasteiger partial charge in [0.1, 0.15) is 5.82 Å². The minimum atomic E-state index is 1.09. The Morgan fingerprint density at radius 3 is 2.63 bits per heavy atom. The molecule has 1 N–H and O–H groups in total. The maximum Gasteiger partial charge on any atom is 0.136 e. The molecule has 1 aliphatic rings. The zero-order valence-corrected chi connectivity index (χ0v) is 11.7. The van der Waals surface area contributed by atoms with Crippen LogP contribution in [0.3, 0.4) is 0 Å². The van der Waals surface area contributed by atoms with Crippen LogP contribution in [0, 0.1) is 6.92 Å². The van der Waals surface area contributed by atoms with Crippen molar-refractivity contribution in [2.45, 2.75) is 26.2 Å². The van der Waals surface area contributed by atoms with Crippen molar-refractivity contribution in [2.75, 3.05) is 30.4 Å². The second kappa shape index (κ2) is 5.08. The second-order valence-corrected chi connectivity index (χ2v) is 5.29. The summed E-state index contributed by atoms with van der Waals surface area (Å²) in [4.78, 5) is 7.24. The summed E-state index contributed by atoms with van der Waals surface area (Å²) < 4.78 is 0. The van der Waals surface area contributed by atoms with E-state index in [0.717, 1.165) is 24.6 Å². The molecule has 1 saturated heterocycles. The maximum absolute atomic E-state index is 4.80. The molecule has 3 rings (SSSR count). The van der Waals surface area contributed by atoms with Crippen molar-refractivity contribution in [3.63, 3.8) is 0 Å². The lowest BCUT2D eigenvalue weighted by Gasteiger charge is -2.29. The van der Waals surface area contributed by atoms with E-state index in [-0.39, 0.29) is 0 Å². The minimum absolute atomic E-state index is 1.09. The molecule has 1 aromatic heterocycles. The largest absolute Gasteiger partial charge is 0.388 e. The minimum Gasteiger partial charge on any atom is -0.388 e. The van der Waals surface area contributed by atoms with E-state index in [4.69, 9.17) is 4.98 Å². The summed E-state index contributed by atoms with van der Waals surface area (Å²) in [5.41, 5.74) is 2.28. The summed E-state index contributed by atoms with van der Waals surface area (Å²) in [6, 6.07) is 8.60. The first-order valence-electron chi connectivity index (χ1n) is 7.12. The molecule has 0 bridgehead atoms. The van der Waals surface area contributed by atoms with E-state index in [1.807, 2.05) is 7.05 Å². The summed E-state index contributed by atoms with van der Waals surface area (Å²) in [7, 11) is 1.98. The predicted octanol–water partition coefficient (Wildman–Crippen LogP) is 3.58. The van der Waals surface area contributed by atoms with E-state index >= 15 is 0 Å². The molecule has 2 heterocycles. The van der Waals surface area contributed by atoms with Gasteiger partial charge in [0, 0.05) is 42.3 Å². The van der Waals surface area contributed by atoms with Crippen molar-refractivity contribution in [3.05, 3.63) is 30.0 Å². The Morgan fingerprint density at radius 2 is 1.89 bits per heavy atom. The maximum atomic E-state index is 4.80. The molecule has 1 aliphatic heterocycles. The molecule has 0 aliphatic carbocycles. The Kier molecular flexibility index (Phi) is 3.28. The van der Waals surface area contributed by atoms with Gasteiger partial charge < -0.3 is 10.2 Å². The van der Waals surface area contributed by atoms with Crippen LogP contribution in [-0.2, 0) is 0 Å². The number of pyridine rings is 1. The lowest BCUT2D eigenvalue weighted by molar-refractivity contribution is 0.574. The van der Waals surface area contributed by atoms with Gasteiger partial charge in [-0.2, -0.15) is 0 Å². The van der Waals surface area contributed by atoms with Gasteiger partial charge in [-0.25, -0.2) is 4.98 Å². The van der Waals surface area contributed by atoms with Crippen molar-refractivity contribution in [1.29, 1.82) is 0 Å². The van der Waals surface area contributed by atoms with E-state index in [2.05, 4.69) is 41.4 Å². The molecule has 19 heavy (non-hydrogen) atoms. The van der Waals surface area contributed by atoms with E-state index in [1.54, 1.807) is 0 Å². The molecule has 0 atom stereocenters.